The Balaban J connectivity index is 1.28. The predicted octanol–water partition coefficient (Wildman–Crippen LogP) is 4.01. The first-order valence-electron chi connectivity index (χ1n) is 10.3. The minimum absolute atomic E-state index is 0.217. The number of benzene rings is 2. The van der Waals surface area contributed by atoms with Crippen molar-refractivity contribution in [3.63, 3.8) is 0 Å². The lowest BCUT2D eigenvalue weighted by Crippen LogP contribution is -2.48. The van der Waals surface area contributed by atoms with E-state index in [0.29, 0.717) is 6.42 Å². The molecule has 4 rings (SSSR count). The third-order valence-corrected chi connectivity index (χ3v) is 6.42. The Morgan fingerprint density at radius 3 is 2.40 bits per heavy atom. The number of thiazole rings is 1. The number of ether oxygens (including phenoxy) is 1. The molecule has 3 aromatic rings. The molecule has 1 fully saturated rings. The van der Waals surface area contributed by atoms with Crippen LogP contribution in [0.3, 0.4) is 0 Å². The third-order valence-electron chi connectivity index (χ3n) is 5.48. The molecular weight excluding hydrogens is 394 g/mol. The van der Waals surface area contributed by atoms with Crippen LogP contribution in [0, 0.1) is 6.92 Å². The van der Waals surface area contributed by atoms with Crippen LogP contribution < -0.4 is 4.74 Å². The Morgan fingerprint density at radius 2 is 1.73 bits per heavy atom. The van der Waals surface area contributed by atoms with Gasteiger partial charge in [0, 0.05) is 43.7 Å². The molecule has 1 aromatic heterocycles. The van der Waals surface area contributed by atoms with Gasteiger partial charge in [0.05, 0.1) is 19.2 Å². The number of carbonyl (C=O) groups is 1. The molecule has 0 bridgehead atoms. The molecule has 1 saturated heterocycles. The summed E-state index contributed by atoms with van der Waals surface area (Å²) in [5, 5.41) is 3.16. The van der Waals surface area contributed by atoms with Crippen molar-refractivity contribution in [2.24, 2.45) is 0 Å². The summed E-state index contributed by atoms with van der Waals surface area (Å²) < 4.78 is 5.22. The predicted molar refractivity (Wildman–Crippen MR) is 121 cm³/mol. The molecule has 1 aliphatic heterocycles. The van der Waals surface area contributed by atoms with Crippen molar-refractivity contribution < 1.29 is 9.53 Å². The maximum atomic E-state index is 12.6. The highest BCUT2D eigenvalue weighted by atomic mass is 32.1. The van der Waals surface area contributed by atoms with Gasteiger partial charge in [0.2, 0.25) is 5.91 Å². The van der Waals surface area contributed by atoms with E-state index in [1.807, 2.05) is 41.3 Å². The summed E-state index contributed by atoms with van der Waals surface area (Å²) in [5.41, 5.74) is 4.50. The van der Waals surface area contributed by atoms with Crippen LogP contribution in [0.4, 0.5) is 0 Å². The standard InChI is InChI=1S/C24H27N3O2S/c1-18-3-5-19(6-4-18)15-23(28)27-13-11-26(12-14-27)16-21-17-30-24(25-21)20-7-9-22(29-2)10-8-20/h3-10,17H,11-16H2,1-2H3. The number of piperazine rings is 1. The first-order valence-corrected chi connectivity index (χ1v) is 11.1. The number of methoxy groups -OCH3 is 1. The van der Waals surface area contributed by atoms with Crippen molar-refractivity contribution in [1.82, 2.24) is 14.8 Å². The second kappa shape index (κ2) is 9.41. The van der Waals surface area contributed by atoms with Gasteiger partial charge in [-0.2, -0.15) is 0 Å². The lowest BCUT2D eigenvalue weighted by atomic mass is 10.1. The summed E-state index contributed by atoms with van der Waals surface area (Å²) in [5.74, 6) is 1.07. The third kappa shape index (κ3) is 5.07. The Kier molecular flexibility index (Phi) is 6.45. The molecule has 5 nitrogen and oxygen atoms in total. The van der Waals surface area contributed by atoms with Crippen LogP contribution in [0.15, 0.2) is 53.9 Å². The molecule has 0 saturated carbocycles. The number of nitrogens with zero attached hydrogens (tertiary/aromatic N) is 3. The van der Waals surface area contributed by atoms with Crippen LogP contribution in [0.25, 0.3) is 10.6 Å². The topological polar surface area (TPSA) is 45.7 Å². The zero-order valence-corrected chi connectivity index (χ0v) is 18.3. The summed E-state index contributed by atoms with van der Waals surface area (Å²) in [6.45, 7) is 6.21. The summed E-state index contributed by atoms with van der Waals surface area (Å²) >= 11 is 1.67. The van der Waals surface area contributed by atoms with E-state index in [0.717, 1.165) is 60.3 Å². The summed E-state index contributed by atoms with van der Waals surface area (Å²) in [6, 6.07) is 16.2. The minimum atomic E-state index is 0.217. The molecule has 2 aromatic carbocycles. The zero-order chi connectivity index (χ0) is 20.9. The van der Waals surface area contributed by atoms with Gasteiger partial charge in [-0.15, -0.1) is 11.3 Å². The van der Waals surface area contributed by atoms with E-state index in [1.54, 1.807) is 18.4 Å². The van der Waals surface area contributed by atoms with Crippen molar-refractivity contribution in [1.29, 1.82) is 0 Å². The number of rotatable bonds is 6. The number of aromatic nitrogens is 1. The van der Waals surface area contributed by atoms with E-state index in [4.69, 9.17) is 9.72 Å². The Hall–Kier alpha value is -2.70. The number of amides is 1. The van der Waals surface area contributed by atoms with E-state index < -0.39 is 0 Å². The molecular formula is C24H27N3O2S. The molecule has 1 amide bonds. The SMILES string of the molecule is COc1ccc(-c2nc(CN3CCN(C(=O)Cc4ccc(C)cc4)CC3)cs2)cc1. The van der Waals surface area contributed by atoms with Gasteiger partial charge >= 0.3 is 0 Å². The number of carbonyl (C=O) groups excluding carboxylic acids is 1. The maximum absolute atomic E-state index is 12.6. The maximum Gasteiger partial charge on any atom is 0.227 e. The van der Waals surface area contributed by atoms with Gasteiger partial charge in [-0.05, 0) is 36.8 Å². The molecule has 0 radical (unpaired) electrons. The largest absolute Gasteiger partial charge is 0.497 e. The van der Waals surface area contributed by atoms with Crippen LogP contribution in [-0.2, 0) is 17.8 Å². The molecule has 0 N–H and O–H groups in total. The van der Waals surface area contributed by atoms with E-state index in [1.165, 1.54) is 5.56 Å². The van der Waals surface area contributed by atoms with Crippen LogP contribution in [0.5, 0.6) is 5.75 Å². The molecule has 0 unspecified atom stereocenters. The second-order valence-electron chi connectivity index (χ2n) is 7.69. The average Bonchev–Trinajstić information content (AvgIpc) is 3.24. The zero-order valence-electron chi connectivity index (χ0n) is 17.5. The van der Waals surface area contributed by atoms with Gasteiger partial charge in [0.1, 0.15) is 10.8 Å². The van der Waals surface area contributed by atoms with Gasteiger partial charge in [-0.3, -0.25) is 9.69 Å². The van der Waals surface area contributed by atoms with Gasteiger partial charge in [-0.25, -0.2) is 4.98 Å². The van der Waals surface area contributed by atoms with E-state index in [-0.39, 0.29) is 5.91 Å². The normalized spacial score (nSPS) is 14.7. The minimum Gasteiger partial charge on any atom is -0.497 e. The number of hydrogen-bond acceptors (Lipinski definition) is 5. The highest BCUT2D eigenvalue weighted by molar-refractivity contribution is 7.13. The lowest BCUT2D eigenvalue weighted by Gasteiger charge is -2.34. The summed E-state index contributed by atoms with van der Waals surface area (Å²) in [4.78, 5) is 21.8. The van der Waals surface area contributed by atoms with Gasteiger partial charge in [0.15, 0.2) is 0 Å². The highest BCUT2D eigenvalue weighted by Gasteiger charge is 2.21. The molecule has 2 heterocycles. The quantitative estimate of drug-likeness (QED) is 0.603. The summed E-state index contributed by atoms with van der Waals surface area (Å²) in [6.07, 6.45) is 0.484. The molecule has 30 heavy (non-hydrogen) atoms. The van der Waals surface area contributed by atoms with E-state index >= 15 is 0 Å². The van der Waals surface area contributed by atoms with Crippen molar-refractivity contribution >= 4 is 17.2 Å². The van der Waals surface area contributed by atoms with Gasteiger partial charge in [-0.1, -0.05) is 29.8 Å². The van der Waals surface area contributed by atoms with Crippen molar-refractivity contribution in [2.75, 3.05) is 33.3 Å². The Morgan fingerprint density at radius 1 is 1.03 bits per heavy atom. The first kappa shape index (κ1) is 20.6. The van der Waals surface area contributed by atoms with Crippen LogP contribution in [-0.4, -0.2) is 54.0 Å². The fourth-order valence-electron chi connectivity index (χ4n) is 3.62. The smallest absolute Gasteiger partial charge is 0.227 e. The Labute approximate surface area is 181 Å². The monoisotopic (exact) mass is 421 g/mol. The highest BCUT2D eigenvalue weighted by Crippen LogP contribution is 2.26. The molecule has 0 aliphatic carbocycles. The van der Waals surface area contributed by atoms with Crippen molar-refractivity contribution in [2.45, 2.75) is 19.9 Å². The first-order chi connectivity index (χ1) is 14.6. The van der Waals surface area contributed by atoms with Crippen molar-refractivity contribution in [3.05, 3.63) is 70.7 Å². The Bertz CT molecular complexity index is 974. The molecule has 0 atom stereocenters. The number of hydrogen-bond donors (Lipinski definition) is 0. The molecule has 0 spiro atoms. The van der Waals surface area contributed by atoms with Crippen LogP contribution >= 0.6 is 11.3 Å². The van der Waals surface area contributed by atoms with Crippen molar-refractivity contribution in [3.8, 4) is 16.3 Å². The molecule has 6 heteroatoms. The van der Waals surface area contributed by atoms with Crippen LogP contribution in [0.1, 0.15) is 16.8 Å². The van der Waals surface area contributed by atoms with Crippen LogP contribution in [0.2, 0.25) is 0 Å². The lowest BCUT2D eigenvalue weighted by molar-refractivity contribution is -0.132. The number of aryl methyl sites for hydroxylation is 1. The second-order valence-corrected chi connectivity index (χ2v) is 8.55. The fraction of sp³-hybridized carbons (Fsp3) is 0.333. The van der Waals surface area contributed by atoms with Gasteiger partial charge in [0.25, 0.3) is 0 Å². The van der Waals surface area contributed by atoms with E-state index in [2.05, 4.69) is 29.3 Å². The van der Waals surface area contributed by atoms with Gasteiger partial charge < -0.3 is 9.64 Å². The fourth-order valence-corrected chi connectivity index (χ4v) is 4.44. The average molecular weight is 422 g/mol. The van der Waals surface area contributed by atoms with E-state index in [9.17, 15) is 4.79 Å². The molecule has 156 valence electrons. The summed E-state index contributed by atoms with van der Waals surface area (Å²) in [7, 11) is 1.67. The molecule has 1 aliphatic rings.